The second-order valence-electron chi connectivity index (χ2n) is 5.94. The van der Waals surface area contributed by atoms with Crippen molar-refractivity contribution in [2.24, 2.45) is 0 Å². The van der Waals surface area contributed by atoms with Gasteiger partial charge in [-0.15, -0.1) is 0 Å². The monoisotopic (exact) mass is 323 g/mol. The molecule has 1 aliphatic heterocycles. The largest absolute Gasteiger partial charge is 0.460 e. The molecule has 24 heavy (non-hydrogen) atoms. The van der Waals surface area contributed by atoms with E-state index in [1.165, 1.54) is 0 Å². The molecule has 7 nitrogen and oxygen atoms in total. The Morgan fingerprint density at radius 3 is 3.00 bits per heavy atom. The summed E-state index contributed by atoms with van der Waals surface area (Å²) >= 11 is 0. The number of nitrogens with zero attached hydrogens (tertiary/aromatic N) is 4. The van der Waals surface area contributed by atoms with Crippen molar-refractivity contribution in [3.05, 3.63) is 52.9 Å². The van der Waals surface area contributed by atoms with Gasteiger partial charge < -0.3 is 9.32 Å². The second-order valence-corrected chi connectivity index (χ2v) is 5.94. The minimum atomic E-state index is -0.105. The van der Waals surface area contributed by atoms with Crippen molar-refractivity contribution >= 4 is 5.91 Å². The maximum Gasteiger partial charge on any atom is 0.274 e. The van der Waals surface area contributed by atoms with Crippen LogP contribution in [0.3, 0.4) is 0 Å². The number of rotatable bonds is 2. The molecule has 0 saturated heterocycles. The lowest BCUT2D eigenvalue weighted by Crippen LogP contribution is -2.36. The van der Waals surface area contributed by atoms with E-state index in [9.17, 15) is 4.79 Å². The topological polar surface area (TPSA) is 87.9 Å². The van der Waals surface area contributed by atoms with Crippen LogP contribution in [-0.4, -0.2) is 37.5 Å². The Bertz CT molecular complexity index is 911. The second kappa shape index (κ2) is 5.59. The van der Waals surface area contributed by atoms with E-state index in [1.807, 2.05) is 26.0 Å². The number of carbonyl (C=O) groups excluding carboxylic acids is 1. The molecule has 0 spiro atoms. The van der Waals surface area contributed by atoms with Crippen molar-refractivity contribution in [1.82, 2.24) is 25.1 Å². The van der Waals surface area contributed by atoms with Gasteiger partial charge in [0.2, 0.25) is 0 Å². The number of nitrogens with one attached hydrogen (secondary N) is 1. The number of furan rings is 1. The Morgan fingerprint density at radius 1 is 1.33 bits per heavy atom. The van der Waals surface area contributed by atoms with E-state index in [0.29, 0.717) is 30.2 Å². The zero-order valence-electron chi connectivity index (χ0n) is 13.5. The molecule has 0 bridgehead atoms. The van der Waals surface area contributed by atoms with Gasteiger partial charge in [0.05, 0.1) is 5.69 Å². The van der Waals surface area contributed by atoms with Gasteiger partial charge in [-0.1, -0.05) is 0 Å². The molecule has 3 aromatic heterocycles. The molecular formula is C17H17N5O2. The summed E-state index contributed by atoms with van der Waals surface area (Å²) in [6.45, 7) is 4.89. The Morgan fingerprint density at radius 2 is 2.21 bits per heavy atom. The number of aromatic amines is 1. The SMILES string of the molecule is Cc1ncc2c(n1)CCN(C(=O)c1cc(-c3ccc(C)o3)[nH]n1)C2. The van der Waals surface area contributed by atoms with Crippen LogP contribution in [-0.2, 0) is 13.0 Å². The smallest absolute Gasteiger partial charge is 0.274 e. The zero-order valence-corrected chi connectivity index (χ0v) is 13.5. The average molecular weight is 323 g/mol. The molecule has 0 unspecified atom stereocenters. The van der Waals surface area contributed by atoms with E-state index >= 15 is 0 Å². The predicted molar refractivity (Wildman–Crippen MR) is 86.2 cm³/mol. The van der Waals surface area contributed by atoms with Gasteiger partial charge in [-0.2, -0.15) is 5.10 Å². The first-order valence-corrected chi connectivity index (χ1v) is 7.83. The van der Waals surface area contributed by atoms with E-state index in [4.69, 9.17) is 4.42 Å². The zero-order chi connectivity index (χ0) is 16.7. The first kappa shape index (κ1) is 14.6. The van der Waals surface area contributed by atoms with Crippen LogP contribution >= 0.6 is 0 Å². The van der Waals surface area contributed by atoms with Gasteiger partial charge >= 0.3 is 0 Å². The van der Waals surface area contributed by atoms with E-state index < -0.39 is 0 Å². The minimum Gasteiger partial charge on any atom is -0.460 e. The highest BCUT2D eigenvalue weighted by Crippen LogP contribution is 2.22. The van der Waals surface area contributed by atoms with Crippen LogP contribution in [0.15, 0.2) is 28.8 Å². The Hall–Kier alpha value is -2.96. The van der Waals surface area contributed by atoms with E-state index in [0.717, 1.165) is 29.3 Å². The molecule has 4 rings (SSSR count). The van der Waals surface area contributed by atoms with Crippen LogP contribution in [0.25, 0.3) is 11.5 Å². The highest BCUT2D eigenvalue weighted by Gasteiger charge is 2.25. The average Bonchev–Trinajstić information content (AvgIpc) is 3.22. The third-order valence-electron chi connectivity index (χ3n) is 4.14. The third-order valence-corrected chi connectivity index (χ3v) is 4.14. The molecular weight excluding hydrogens is 306 g/mol. The lowest BCUT2D eigenvalue weighted by molar-refractivity contribution is 0.0727. The summed E-state index contributed by atoms with van der Waals surface area (Å²) < 4.78 is 5.55. The lowest BCUT2D eigenvalue weighted by Gasteiger charge is -2.27. The van der Waals surface area contributed by atoms with Crippen molar-refractivity contribution in [3.63, 3.8) is 0 Å². The fourth-order valence-electron chi connectivity index (χ4n) is 2.89. The predicted octanol–water partition coefficient (Wildman–Crippen LogP) is 2.28. The maximum absolute atomic E-state index is 12.7. The molecule has 0 aromatic carbocycles. The van der Waals surface area contributed by atoms with Crippen LogP contribution in [0, 0.1) is 13.8 Å². The lowest BCUT2D eigenvalue weighted by atomic mass is 10.1. The van der Waals surface area contributed by atoms with Gasteiger partial charge in [0.15, 0.2) is 11.5 Å². The minimum absolute atomic E-state index is 0.105. The Labute approximate surface area is 138 Å². The van der Waals surface area contributed by atoms with Crippen molar-refractivity contribution < 1.29 is 9.21 Å². The number of fused-ring (bicyclic) bond motifs is 1. The van der Waals surface area contributed by atoms with Gasteiger partial charge in [-0.05, 0) is 26.0 Å². The van der Waals surface area contributed by atoms with Gasteiger partial charge in [0, 0.05) is 37.3 Å². The number of aromatic nitrogens is 4. The quantitative estimate of drug-likeness (QED) is 0.781. The summed E-state index contributed by atoms with van der Waals surface area (Å²) in [7, 11) is 0. The standard InChI is InChI=1S/C17H17N5O2/c1-10-3-4-16(24-10)14-7-15(21-20-14)17(23)22-6-5-13-12(9-22)8-18-11(2)19-13/h3-4,7-8H,5-6,9H2,1-2H3,(H,20,21). The molecule has 0 fully saturated rings. The molecule has 0 saturated carbocycles. The fourth-order valence-corrected chi connectivity index (χ4v) is 2.89. The molecule has 7 heteroatoms. The van der Waals surface area contributed by atoms with Crippen molar-refractivity contribution in [2.75, 3.05) is 6.54 Å². The number of hydrogen-bond acceptors (Lipinski definition) is 5. The molecule has 0 radical (unpaired) electrons. The molecule has 1 amide bonds. The molecule has 0 aliphatic carbocycles. The Balaban J connectivity index is 1.54. The van der Waals surface area contributed by atoms with Crippen LogP contribution in [0.5, 0.6) is 0 Å². The number of H-pyrrole nitrogens is 1. The molecule has 4 heterocycles. The molecule has 3 aromatic rings. The van der Waals surface area contributed by atoms with Gasteiger partial charge in [0.25, 0.3) is 5.91 Å². The van der Waals surface area contributed by atoms with Crippen molar-refractivity contribution in [1.29, 1.82) is 0 Å². The van der Waals surface area contributed by atoms with E-state index in [2.05, 4.69) is 20.2 Å². The van der Waals surface area contributed by atoms with E-state index in [-0.39, 0.29) is 5.91 Å². The van der Waals surface area contributed by atoms with Crippen molar-refractivity contribution in [2.45, 2.75) is 26.8 Å². The van der Waals surface area contributed by atoms with Gasteiger partial charge in [-0.25, -0.2) is 9.97 Å². The van der Waals surface area contributed by atoms with Gasteiger partial charge in [-0.3, -0.25) is 9.89 Å². The highest BCUT2D eigenvalue weighted by atomic mass is 16.3. The summed E-state index contributed by atoms with van der Waals surface area (Å²) in [5.41, 5.74) is 3.11. The first-order chi connectivity index (χ1) is 11.6. The molecule has 1 aliphatic rings. The Kier molecular flexibility index (Phi) is 3.41. The molecule has 0 atom stereocenters. The van der Waals surface area contributed by atoms with Crippen LogP contribution < -0.4 is 0 Å². The van der Waals surface area contributed by atoms with Crippen molar-refractivity contribution in [3.8, 4) is 11.5 Å². The van der Waals surface area contributed by atoms with Gasteiger partial charge in [0.1, 0.15) is 17.3 Å². The number of amides is 1. The number of aryl methyl sites for hydroxylation is 2. The first-order valence-electron chi connectivity index (χ1n) is 7.83. The van der Waals surface area contributed by atoms with E-state index in [1.54, 1.807) is 17.2 Å². The molecule has 1 N–H and O–H groups in total. The maximum atomic E-state index is 12.7. The van der Waals surface area contributed by atoms with Crippen LogP contribution in [0.4, 0.5) is 0 Å². The van der Waals surface area contributed by atoms with Crippen LogP contribution in [0.2, 0.25) is 0 Å². The molecule has 122 valence electrons. The number of hydrogen-bond donors (Lipinski definition) is 1. The summed E-state index contributed by atoms with van der Waals surface area (Å²) in [5, 5.41) is 7.01. The number of carbonyl (C=O) groups is 1. The summed E-state index contributed by atoms with van der Waals surface area (Å²) in [6.07, 6.45) is 2.54. The summed E-state index contributed by atoms with van der Waals surface area (Å²) in [6, 6.07) is 5.46. The summed E-state index contributed by atoms with van der Waals surface area (Å²) in [4.78, 5) is 23.1. The van der Waals surface area contributed by atoms with Crippen LogP contribution in [0.1, 0.15) is 33.3 Å². The highest BCUT2D eigenvalue weighted by molar-refractivity contribution is 5.93. The third kappa shape index (κ3) is 2.58. The fraction of sp³-hybridized carbons (Fsp3) is 0.294. The summed E-state index contributed by atoms with van der Waals surface area (Å²) in [5.74, 6) is 2.15. The normalized spacial score (nSPS) is 13.8.